The lowest BCUT2D eigenvalue weighted by Crippen LogP contribution is -2.45. The highest BCUT2D eigenvalue weighted by molar-refractivity contribution is 7.09. The lowest BCUT2D eigenvalue weighted by atomic mass is 9.93. The van der Waals surface area contributed by atoms with E-state index in [4.69, 9.17) is 0 Å². The number of hydrogen-bond donors (Lipinski definition) is 0. The van der Waals surface area contributed by atoms with Crippen LogP contribution in [-0.2, 0) is 9.59 Å². The molecule has 2 amide bonds. The van der Waals surface area contributed by atoms with Gasteiger partial charge in [0.05, 0.1) is 6.04 Å². The first-order valence-corrected chi connectivity index (χ1v) is 10.3. The molecule has 2 fully saturated rings. The van der Waals surface area contributed by atoms with Gasteiger partial charge in [-0.05, 0) is 39.5 Å². The Hall–Kier alpha value is -1.43. The molecule has 25 heavy (non-hydrogen) atoms. The van der Waals surface area contributed by atoms with E-state index in [9.17, 15) is 9.59 Å². The van der Waals surface area contributed by atoms with Crippen LogP contribution in [-0.4, -0.2) is 46.7 Å². The molecule has 138 valence electrons. The van der Waals surface area contributed by atoms with E-state index in [0.717, 1.165) is 49.5 Å². The van der Waals surface area contributed by atoms with Crippen molar-refractivity contribution in [3.8, 4) is 0 Å². The van der Waals surface area contributed by atoms with Crippen LogP contribution in [0.1, 0.15) is 62.2 Å². The van der Waals surface area contributed by atoms with Crippen LogP contribution < -0.4 is 0 Å². The molecule has 1 aromatic rings. The number of piperidine rings is 1. The number of amides is 2. The summed E-state index contributed by atoms with van der Waals surface area (Å²) < 4.78 is 0. The maximum atomic E-state index is 12.9. The lowest BCUT2D eigenvalue weighted by Gasteiger charge is -2.35. The van der Waals surface area contributed by atoms with E-state index in [-0.39, 0.29) is 23.8 Å². The van der Waals surface area contributed by atoms with Crippen molar-refractivity contribution < 1.29 is 9.59 Å². The highest BCUT2D eigenvalue weighted by Crippen LogP contribution is 2.30. The topological polar surface area (TPSA) is 53.5 Å². The van der Waals surface area contributed by atoms with Crippen molar-refractivity contribution in [1.82, 2.24) is 14.8 Å². The number of thiazole rings is 1. The molecule has 1 saturated carbocycles. The predicted octanol–water partition coefficient (Wildman–Crippen LogP) is 3.40. The van der Waals surface area contributed by atoms with E-state index in [0.29, 0.717) is 5.91 Å². The summed E-state index contributed by atoms with van der Waals surface area (Å²) >= 11 is 1.61. The summed E-state index contributed by atoms with van der Waals surface area (Å²) in [6, 6.07) is 0.00403. The van der Waals surface area contributed by atoms with Gasteiger partial charge in [0, 0.05) is 43.0 Å². The quantitative estimate of drug-likeness (QED) is 0.824. The predicted molar refractivity (Wildman–Crippen MR) is 99.3 cm³/mol. The van der Waals surface area contributed by atoms with Crippen molar-refractivity contribution in [3.05, 3.63) is 16.1 Å². The van der Waals surface area contributed by atoms with Gasteiger partial charge >= 0.3 is 0 Å². The summed E-state index contributed by atoms with van der Waals surface area (Å²) in [4.78, 5) is 33.7. The van der Waals surface area contributed by atoms with Crippen LogP contribution in [0.3, 0.4) is 0 Å². The van der Waals surface area contributed by atoms with E-state index in [2.05, 4.69) is 4.98 Å². The Labute approximate surface area is 154 Å². The van der Waals surface area contributed by atoms with Crippen LogP contribution in [0.15, 0.2) is 5.38 Å². The Balaban J connectivity index is 1.53. The second-order valence-electron chi connectivity index (χ2n) is 7.53. The molecule has 2 aliphatic rings. The van der Waals surface area contributed by atoms with Gasteiger partial charge in [0.25, 0.3) is 0 Å². The number of aryl methyl sites for hydroxylation is 1. The summed E-state index contributed by atoms with van der Waals surface area (Å²) in [5, 5.41) is 3.01. The average molecular weight is 364 g/mol. The summed E-state index contributed by atoms with van der Waals surface area (Å²) in [5.41, 5.74) is 1.01. The molecular formula is C19H29N3O2S. The van der Waals surface area contributed by atoms with Gasteiger partial charge < -0.3 is 9.80 Å². The minimum Gasteiger partial charge on any atom is -0.342 e. The van der Waals surface area contributed by atoms with Crippen molar-refractivity contribution in [1.29, 1.82) is 0 Å². The monoisotopic (exact) mass is 363 g/mol. The van der Waals surface area contributed by atoms with Gasteiger partial charge in [0.15, 0.2) is 0 Å². The maximum absolute atomic E-state index is 12.9. The van der Waals surface area contributed by atoms with Crippen LogP contribution in [0.4, 0.5) is 0 Å². The highest BCUT2D eigenvalue weighted by Gasteiger charge is 2.34. The average Bonchev–Trinajstić information content (AvgIpc) is 3.31. The first-order valence-electron chi connectivity index (χ1n) is 9.45. The van der Waals surface area contributed by atoms with Crippen LogP contribution in [0.25, 0.3) is 0 Å². The number of likely N-dealkylation sites (tertiary alicyclic amines) is 1. The van der Waals surface area contributed by atoms with Gasteiger partial charge in [-0.2, -0.15) is 0 Å². The van der Waals surface area contributed by atoms with Gasteiger partial charge in [0.1, 0.15) is 5.01 Å². The molecule has 0 bridgehead atoms. The smallest absolute Gasteiger partial charge is 0.226 e. The van der Waals surface area contributed by atoms with Crippen molar-refractivity contribution in [3.63, 3.8) is 0 Å². The second kappa shape index (κ2) is 7.85. The Morgan fingerprint density at radius 1 is 1.20 bits per heavy atom. The third kappa shape index (κ3) is 4.05. The van der Waals surface area contributed by atoms with E-state index in [1.807, 2.05) is 36.1 Å². The molecule has 6 heteroatoms. The Morgan fingerprint density at radius 3 is 2.40 bits per heavy atom. The van der Waals surface area contributed by atoms with Crippen LogP contribution in [0.2, 0.25) is 0 Å². The molecule has 0 N–H and O–H groups in total. The largest absolute Gasteiger partial charge is 0.342 e. The minimum atomic E-state index is 0.00403. The van der Waals surface area contributed by atoms with Gasteiger partial charge in [-0.1, -0.05) is 12.8 Å². The number of rotatable bonds is 4. The zero-order valence-corrected chi connectivity index (χ0v) is 16.3. The Morgan fingerprint density at radius 2 is 1.84 bits per heavy atom. The molecule has 1 aliphatic carbocycles. The van der Waals surface area contributed by atoms with Crippen molar-refractivity contribution in [2.75, 3.05) is 20.1 Å². The molecule has 1 aliphatic heterocycles. The molecule has 0 spiro atoms. The second-order valence-corrected chi connectivity index (χ2v) is 8.42. The van der Waals surface area contributed by atoms with E-state index >= 15 is 0 Å². The molecule has 1 unspecified atom stereocenters. The molecule has 1 atom stereocenters. The summed E-state index contributed by atoms with van der Waals surface area (Å²) in [5.74, 6) is 0.779. The lowest BCUT2D eigenvalue weighted by molar-refractivity contribution is -0.142. The SMILES string of the molecule is Cc1csc(C(C)N(C)C(=O)C2CCN(C(=O)C3CCCC3)CC2)n1. The van der Waals surface area contributed by atoms with Crippen molar-refractivity contribution >= 4 is 23.2 Å². The van der Waals surface area contributed by atoms with Crippen LogP contribution >= 0.6 is 11.3 Å². The van der Waals surface area contributed by atoms with Gasteiger partial charge in [-0.3, -0.25) is 9.59 Å². The molecule has 0 radical (unpaired) electrons. The fourth-order valence-corrected chi connectivity index (χ4v) is 4.88. The molecule has 2 heterocycles. The number of aromatic nitrogens is 1. The van der Waals surface area contributed by atoms with E-state index < -0.39 is 0 Å². The minimum absolute atomic E-state index is 0.00403. The van der Waals surface area contributed by atoms with Crippen LogP contribution in [0, 0.1) is 18.8 Å². The number of carbonyl (C=O) groups is 2. The van der Waals surface area contributed by atoms with E-state index in [1.54, 1.807) is 11.3 Å². The molecule has 3 rings (SSSR count). The van der Waals surface area contributed by atoms with Gasteiger partial charge in [-0.15, -0.1) is 11.3 Å². The summed E-state index contributed by atoms with van der Waals surface area (Å²) in [7, 11) is 1.87. The molecule has 0 aromatic carbocycles. The Kier molecular flexibility index (Phi) is 5.77. The van der Waals surface area contributed by atoms with Crippen molar-refractivity contribution in [2.24, 2.45) is 11.8 Å². The van der Waals surface area contributed by atoms with Crippen molar-refractivity contribution in [2.45, 2.75) is 58.4 Å². The molecular weight excluding hydrogens is 334 g/mol. The third-order valence-electron chi connectivity index (χ3n) is 5.78. The standard InChI is InChI=1S/C19H29N3O2S/c1-13-12-25-17(20-13)14(2)21(3)18(23)16-8-10-22(11-9-16)19(24)15-6-4-5-7-15/h12,14-16H,4-11H2,1-3H3. The van der Waals surface area contributed by atoms with E-state index in [1.165, 1.54) is 12.8 Å². The fraction of sp³-hybridized carbons (Fsp3) is 0.737. The number of nitrogens with zero attached hydrogens (tertiary/aromatic N) is 3. The number of carbonyl (C=O) groups excluding carboxylic acids is 2. The molecule has 5 nitrogen and oxygen atoms in total. The fourth-order valence-electron chi connectivity index (χ4n) is 3.99. The molecule has 1 saturated heterocycles. The van der Waals surface area contributed by atoms with Gasteiger partial charge in [-0.25, -0.2) is 4.98 Å². The zero-order chi connectivity index (χ0) is 18.0. The maximum Gasteiger partial charge on any atom is 0.226 e. The third-order valence-corrected chi connectivity index (χ3v) is 6.92. The normalized spacial score (nSPS) is 20.7. The Bertz CT molecular complexity index is 616. The first-order chi connectivity index (χ1) is 12.0. The zero-order valence-electron chi connectivity index (χ0n) is 15.5. The van der Waals surface area contributed by atoms with Gasteiger partial charge in [0.2, 0.25) is 11.8 Å². The first kappa shape index (κ1) is 18.4. The highest BCUT2D eigenvalue weighted by atomic mass is 32.1. The summed E-state index contributed by atoms with van der Waals surface area (Å²) in [6.45, 7) is 5.47. The van der Waals surface area contributed by atoms with Crippen LogP contribution in [0.5, 0.6) is 0 Å². The molecule has 1 aromatic heterocycles. The summed E-state index contributed by atoms with van der Waals surface area (Å²) in [6.07, 6.45) is 6.03. The number of hydrogen-bond acceptors (Lipinski definition) is 4.